The molecule has 380 valence electrons. The van der Waals surface area contributed by atoms with E-state index < -0.39 is 0 Å². The summed E-state index contributed by atoms with van der Waals surface area (Å²) >= 11 is 0. The number of rotatable bonds is 10. The van der Waals surface area contributed by atoms with Crippen LogP contribution < -0.4 is 14.5 Å². The van der Waals surface area contributed by atoms with E-state index in [1.54, 1.807) is 5.47 Å². The van der Waals surface area contributed by atoms with E-state index in [4.69, 9.17) is 9.72 Å². The first-order valence-corrected chi connectivity index (χ1v) is 28.4. The molecule has 0 saturated heterocycles. The zero-order valence-electron chi connectivity index (χ0n) is 44.0. The maximum atomic E-state index is 7.21. The first-order chi connectivity index (χ1) is 39.1. The predicted octanol–water partition coefficient (Wildman–Crippen LogP) is 17.8. The summed E-state index contributed by atoms with van der Waals surface area (Å²) in [4.78, 5) is 12.7. The Bertz CT molecular complexity index is 4060. The number of fused-ring (bicyclic) bond motifs is 5. The lowest BCUT2D eigenvalue weighted by molar-refractivity contribution is -0.0411. The Labute approximate surface area is 462 Å². The third-order valence-corrected chi connectivity index (χ3v) is 18.6. The van der Waals surface area contributed by atoms with Gasteiger partial charge in [-0.05, 0) is 163 Å². The van der Waals surface area contributed by atoms with Crippen molar-refractivity contribution >= 4 is 51.4 Å². The van der Waals surface area contributed by atoms with E-state index >= 15 is 0 Å². The average Bonchev–Trinajstić information content (AvgIpc) is 3.79. The van der Waals surface area contributed by atoms with Gasteiger partial charge in [-0.15, -0.1) is 0 Å². The molecule has 4 saturated carbocycles. The Morgan fingerprint density at radius 2 is 1.14 bits per heavy atom. The van der Waals surface area contributed by atoms with Crippen molar-refractivity contribution in [2.24, 2.45) is 23.7 Å². The molecule has 2 aromatic heterocycles. The van der Waals surface area contributed by atoms with Crippen molar-refractivity contribution in [1.82, 2.24) is 14.4 Å². The van der Waals surface area contributed by atoms with Gasteiger partial charge in [0.05, 0.1) is 28.1 Å². The van der Waals surface area contributed by atoms with Crippen LogP contribution in [0.4, 0.5) is 22.7 Å². The van der Waals surface area contributed by atoms with Gasteiger partial charge in [-0.1, -0.05) is 163 Å². The molecular formula is C72H58BN5O. The highest BCUT2D eigenvalue weighted by molar-refractivity contribution is 6.70. The molecule has 0 amide bonds. The summed E-state index contributed by atoms with van der Waals surface area (Å²) in [7, 11) is 0. The Balaban J connectivity index is 0.811. The summed E-state index contributed by atoms with van der Waals surface area (Å²) in [5.41, 5.74) is 16.6. The maximum absolute atomic E-state index is 7.21. The Morgan fingerprint density at radius 1 is 0.494 bits per heavy atom. The number of pyridine rings is 1. The topological polar surface area (TPSA) is 36.8 Å². The molecule has 5 heterocycles. The minimum Gasteiger partial charge on any atom is -0.457 e. The molecule has 7 aliphatic rings. The molecule has 7 heteroatoms. The van der Waals surface area contributed by atoms with Gasteiger partial charge in [0.15, 0.2) is 0 Å². The SMILES string of the molecule is C1=CB2C(C3(c4ccnc(-n5c6ccccc6c6ccc(Oc7cc(-c8ccccc8)cc(N8CN(c9c(-c%10ccccc%10)cccc9-c9ccccc9)c9ccccc98)c7)cc65)c4)C4CC5CC(C4)CC3C5)=CC=CN2C=C1. The van der Waals surface area contributed by atoms with E-state index in [1.807, 2.05) is 0 Å². The van der Waals surface area contributed by atoms with Gasteiger partial charge in [0, 0.05) is 51.3 Å². The minimum absolute atomic E-state index is 0.0782. The van der Waals surface area contributed by atoms with Gasteiger partial charge >= 0.3 is 6.85 Å². The molecule has 17 rings (SSSR count). The molecule has 4 aliphatic carbocycles. The molecule has 6 nitrogen and oxygen atoms in total. The van der Waals surface area contributed by atoms with Crippen LogP contribution >= 0.6 is 0 Å². The molecule has 10 aromatic rings. The van der Waals surface area contributed by atoms with Gasteiger partial charge in [0.1, 0.15) is 24.0 Å². The molecule has 0 atom stereocenters. The number of benzene rings is 8. The first kappa shape index (κ1) is 46.1. The van der Waals surface area contributed by atoms with Crippen molar-refractivity contribution in [3.63, 3.8) is 0 Å². The van der Waals surface area contributed by atoms with Crippen molar-refractivity contribution in [2.75, 3.05) is 16.5 Å². The van der Waals surface area contributed by atoms with E-state index in [0.717, 1.165) is 68.4 Å². The second kappa shape index (κ2) is 18.6. The quantitative estimate of drug-likeness (QED) is 0.128. The number of hydrogen-bond donors (Lipinski definition) is 0. The monoisotopic (exact) mass is 1020 g/mol. The van der Waals surface area contributed by atoms with Crippen LogP contribution in [0.3, 0.4) is 0 Å². The van der Waals surface area contributed by atoms with Crippen LogP contribution in [0.5, 0.6) is 11.5 Å². The highest BCUT2D eigenvalue weighted by atomic mass is 16.5. The second-order valence-electron chi connectivity index (χ2n) is 22.8. The number of para-hydroxylation sites is 4. The first-order valence-electron chi connectivity index (χ1n) is 28.4. The van der Waals surface area contributed by atoms with Crippen LogP contribution in [-0.4, -0.2) is 27.9 Å². The molecular weight excluding hydrogens is 962 g/mol. The molecule has 0 unspecified atom stereocenters. The number of ether oxygens (including phenoxy) is 1. The maximum Gasteiger partial charge on any atom is 0.316 e. The van der Waals surface area contributed by atoms with Crippen molar-refractivity contribution in [2.45, 2.75) is 37.5 Å². The standard InChI is InChI=1S/C72H58BN5O/c1-4-18-51(19-5-1)54-43-58(76-48-77(67-29-13-12-28-66(67)76)71-61(52-20-6-2-7-21-52)25-16-26-62(71)53-22-8-3-9-23-53)46-60(44-54)79-59-31-32-64-63-24-10-11-27-65(63)78(68(64)47-59)70-45-55(33-35-74-70)72(56-39-49-38-50(41-56)42-57(72)40-49)69-30-17-37-75-36-15-14-34-73(69)75/h1-37,43-47,49-50,56-57H,38-42,48H2. The summed E-state index contributed by atoms with van der Waals surface area (Å²) in [6.07, 6.45) is 22.4. The van der Waals surface area contributed by atoms with Crippen LogP contribution in [0.1, 0.15) is 37.7 Å². The molecule has 4 fully saturated rings. The van der Waals surface area contributed by atoms with Crippen LogP contribution in [-0.2, 0) is 5.41 Å². The van der Waals surface area contributed by atoms with Gasteiger partial charge in [-0.3, -0.25) is 4.57 Å². The predicted molar refractivity (Wildman–Crippen MR) is 325 cm³/mol. The number of hydrogen-bond acceptors (Lipinski definition) is 5. The summed E-state index contributed by atoms with van der Waals surface area (Å²) in [6.45, 7) is 0.810. The highest BCUT2D eigenvalue weighted by Gasteiger charge is 2.61. The molecule has 0 radical (unpaired) electrons. The summed E-state index contributed by atoms with van der Waals surface area (Å²) < 4.78 is 9.61. The fourth-order valence-electron chi connectivity index (χ4n) is 15.6. The van der Waals surface area contributed by atoms with E-state index in [-0.39, 0.29) is 12.3 Å². The summed E-state index contributed by atoms with van der Waals surface area (Å²) in [5.74, 6) is 7.78. The number of anilines is 4. The van der Waals surface area contributed by atoms with Crippen LogP contribution in [0, 0.1) is 23.7 Å². The zero-order chi connectivity index (χ0) is 52.0. The van der Waals surface area contributed by atoms with E-state index in [9.17, 15) is 0 Å². The lowest BCUT2D eigenvalue weighted by Gasteiger charge is -2.63. The fraction of sp³-hybridized carbons (Fsp3) is 0.153. The van der Waals surface area contributed by atoms with Crippen LogP contribution in [0.2, 0.25) is 0 Å². The van der Waals surface area contributed by atoms with Gasteiger partial charge in [-0.25, -0.2) is 4.98 Å². The molecule has 0 spiro atoms. The van der Waals surface area contributed by atoms with Gasteiger partial charge in [0.25, 0.3) is 0 Å². The Morgan fingerprint density at radius 3 is 1.87 bits per heavy atom. The van der Waals surface area contributed by atoms with E-state index in [1.165, 1.54) is 76.4 Å². The number of aromatic nitrogens is 2. The Hall–Kier alpha value is -9.07. The molecule has 0 N–H and O–H groups in total. The third kappa shape index (κ3) is 7.50. The Kier molecular flexibility index (Phi) is 10.8. The normalized spacial score (nSPS) is 21.5. The molecule has 4 bridgehead atoms. The molecule has 8 aromatic carbocycles. The zero-order valence-corrected chi connectivity index (χ0v) is 44.0. The van der Waals surface area contributed by atoms with Crippen LogP contribution in [0.15, 0.2) is 261 Å². The van der Waals surface area contributed by atoms with Crippen molar-refractivity contribution in [1.29, 1.82) is 0 Å². The summed E-state index contributed by atoms with van der Waals surface area (Å²) in [6, 6.07) is 74.8. The van der Waals surface area contributed by atoms with Crippen molar-refractivity contribution in [3.8, 4) is 50.7 Å². The van der Waals surface area contributed by atoms with Crippen molar-refractivity contribution in [3.05, 3.63) is 266 Å². The van der Waals surface area contributed by atoms with Gasteiger partial charge in [0.2, 0.25) is 0 Å². The lowest BCUT2D eigenvalue weighted by Crippen LogP contribution is -2.60. The largest absolute Gasteiger partial charge is 0.457 e. The lowest BCUT2D eigenvalue weighted by atomic mass is 9.33. The minimum atomic E-state index is -0.0782. The highest BCUT2D eigenvalue weighted by Crippen LogP contribution is 2.66. The van der Waals surface area contributed by atoms with Gasteiger partial charge < -0.3 is 19.3 Å². The number of nitrogens with zero attached hydrogens (tertiary/aromatic N) is 5. The summed E-state index contributed by atoms with van der Waals surface area (Å²) in [5, 5.41) is 2.37. The smallest absolute Gasteiger partial charge is 0.316 e. The van der Waals surface area contributed by atoms with E-state index in [2.05, 4.69) is 274 Å². The fourth-order valence-corrected chi connectivity index (χ4v) is 15.6. The second-order valence-corrected chi connectivity index (χ2v) is 22.8. The van der Waals surface area contributed by atoms with Crippen molar-refractivity contribution < 1.29 is 4.74 Å². The molecule has 3 aliphatic heterocycles. The van der Waals surface area contributed by atoms with Gasteiger partial charge in [-0.2, -0.15) is 0 Å². The third-order valence-electron chi connectivity index (χ3n) is 18.6. The number of allylic oxidation sites excluding steroid dienone is 5. The van der Waals surface area contributed by atoms with E-state index in [0.29, 0.717) is 18.5 Å². The molecule has 79 heavy (non-hydrogen) atoms. The van der Waals surface area contributed by atoms with Crippen LogP contribution in [0.25, 0.3) is 61.0 Å². The average molecular weight is 1020 g/mol.